The summed E-state index contributed by atoms with van der Waals surface area (Å²) in [5, 5.41) is 7.16. The molecule has 24 heavy (non-hydrogen) atoms. The molecule has 4 nitrogen and oxygen atoms in total. The third-order valence-corrected chi connectivity index (χ3v) is 4.37. The molecule has 1 atom stereocenters. The first-order valence-electron chi connectivity index (χ1n) is 8.27. The van der Waals surface area contributed by atoms with Gasteiger partial charge in [0.2, 0.25) is 0 Å². The summed E-state index contributed by atoms with van der Waals surface area (Å²) < 4.78 is 5.40. The second kappa shape index (κ2) is 8.13. The first kappa shape index (κ1) is 16.7. The Labute approximate surface area is 148 Å². The highest BCUT2D eigenvalue weighted by Gasteiger charge is 2.12. The number of benzene rings is 2. The summed E-state index contributed by atoms with van der Waals surface area (Å²) in [5.41, 5.74) is 3.45. The van der Waals surface area contributed by atoms with Gasteiger partial charge in [0.15, 0.2) is 5.11 Å². The molecule has 5 heteroatoms. The summed E-state index contributed by atoms with van der Waals surface area (Å²) in [6.45, 7) is 5.64. The second-order valence-electron chi connectivity index (χ2n) is 5.88. The molecule has 0 bridgehead atoms. The van der Waals surface area contributed by atoms with E-state index in [1.165, 1.54) is 11.3 Å². The predicted octanol–water partition coefficient (Wildman–Crippen LogP) is 3.57. The minimum Gasteiger partial charge on any atom is -0.378 e. The summed E-state index contributed by atoms with van der Waals surface area (Å²) in [5.74, 6) is 0. The molecule has 1 aliphatic rings. The van der Waals surface area contributed by atoms with Crippen LogP contribution in [-0.4, -0.2) is 31.4 Å². The molecule has 2 aromatic carbocycles. The van der Waals surface area contributed by atoms with E-state index in [0.717, 1.165) is 32.0 Å². The van der Waals surface area contributed by atoms with Crippen LogP contribution < -0.4 is 15.5 Å². The van der Waals surface area contributed by atoms with Gasteiger partial charge in [-0.1, -0.05) is 30.3 Å². The van der Waals surface area contributed by atoms with Crippen molar-refractivity contribution in [2.75, 3.05) is 36.5 Å². The van der Waals surface area contributed by atoms with Gasteiger partial charge < -0.3 is 20.3 Å². The minimum atomic E-state index is 0.146. The van der Waals surface area contributed by atoms with Gasteiger partial charge in [-0.3, -0.25) is 0 Å². The Balaban J connectivity index is 1.56. The van der Waals surface area contributed by atoms with Crippen molar-refractivity contribution in [2.24, 2.45) is 0 Å². The first-order chi connectivity index (χ1) is 11.7. The van der Waals surface area contributed by atoms with Gasteiger partial charge in [0.1, 0.15) is 0 Å². The van der Waals surface area contributed by atoms with Gasteiger partial charge in [-0.15, -0.1) is 0 Å². The van der Waals surface area contributed by atoms with Crippen molar-refractivity contribution in [1.82, 2.24) is 5.32 Å². The standard InChI is InChI=1S/C19H23N3OS/c1-15(20-19(24)21-17-5-3-2-4-6-17)16-7-9-18(10-8-16)22-11-13-23-14-12-22/h2-10,15H,11-14H2,1H3,(H2,20,21,24). The Morgan fingerprint density at radius 3 is 2.38 bits per heavy atom. The topological polar surface area (TPSA) is 36.5 Å². The van der Waals surface area contributed by atoms with Gasteiger partial charge in [-0.05, 0) is 49.0 Å². The summed E-state index contributed by atoms with van der Waals surface area (Å²) in [4.78, 5) is 2.35. The molecule has 0 radical (unpaired) electrons. The lowest BCUT2D eigenvalue weighted by Gasteiger charge is -2.29. The third kappa shape index (κ3) is 4.46. The SMILES string of the molecule is CC(NC(=S)Nc1ccccc1)c1ccc(N2CCOCC2)cc1. The number of para-hydroxylation sites is 1. The van der Waals surface area contributed by atoms with Crippen LogP contribution in [-0.2, 0) is 4.74 Å². The van der Waals surface area contributed by atoms with Crippen molar-refractivity contribution in [1.29, 1.82) is 0 Å². The number of thiocarbonyl (C=S) groups is 1. The van der Waals surface area contributed by atoms with Crippen LogP contribution in [0.2, 0.25) is 0 Å². The second-order valence-corrected chi connectivity index (χ2v) is 6.29. The number of nitrogens with one attached hydrogen (secondary N) is 2. The maximum Gasteiger partial charge on any atom is 0.171 e. The van der Waals surface area contributed by atoms with Gasteiger partial charge in [-0.25, -0.2) is 0 Å². The van der Waals surface area contributed by atoms with Crippen LogP contribution in [0.15, 0.2) is 54.6 Å². The average Bonchev–Trinajstić information content (AvgIpc) is 2.63. The van der Waals surface area contributed by atoms with Crippen molar-refractivity contribution < 1.29 is 4.74 Å². The van der Waals surface area contributed by atoms with Crippen LogP contribution in [0, 0.1) is 0 Å². The molecule has 0 spiro atoms. The van der Waals surface area contributed by atoms with E-state index in [1.807, 2.05) is 30.3 Å². The van der Waals surface area contributed by atoms with E-state index in [-0.39, 0.29) is 6.04 Å². The Hall–Kier alpha value is -2.11. The van der Waals surface area contributed by atoms with E-state index in [4.69, 9.17) is 17.0 Å². The van der Waals surface area contributed by atoms with E-state index in [1.54, 1.807) is 0 Å². The van der Waals surface area contributed by atoms with E-state index in [2.05, 4.69) is 46.7 Å². The molecular formula is C19H23N3OS. The molecule has 0 aliphatic carbocycles. The van der Waals surface area contributed by atoms with Gasteiger partial charge in [0.05, 0.1) is 19.3 Å². The van der Waals surface area contributed by atoms with Gasteiger partial charge >= 0.3 is 0 Å². The van der Waals surface area contributed by atoms with Crippen LogP contribution in [0.25, 0.3) is 0 Å². The minimum absolute atomic E-state index is 0.146. The highest BCUT2D eigenvalue weighted by atomic mass is 32.1. The number of ether oxygens (including phenoxy) is 1. The fourth-order valence-corrected chi connectivity index (χ4v) is 3.06. The molecule has 0 amide bonds. The normalized spacial score (nSPS) is 15.6. The van der Waals surface area contributed by atoms with Crippen LogP contribution >= 0.6 is 12.2 Å². The quantitative estimate of drug-likeness (QED) is 0.832. The van der Waals surface area contributed by atoms with Gasteiger partial charge in [0.25, 0.3) is 0 Å². The lowest BCUT2D eigenvalue weighted by atomic mass is 10.1. The Kier molecular flexibility index (Phi) is 5.67. The third-order valence-electron chi connectivity index (χ3n) is 4.15. The maximum absolute atomic E-state index is 5.40. The molecule has 3 rings (SSSR count). The highest BCUT2D eigenvalue weighted by Crippen LogP contribution is 2.20. The summed E-state index contributed by atoms with van der Waals surface area (Å²) in [6.07, 6.45) is 0. The van der Waals surface area contributed by atoms with Crippen LogP contribution in [0.4, 0.5) is 11.4 Å². The summed E-state index contributed by atoms with van der Waals surface area (Å²) in [6, 6.07) is 18.8. The van der Waals surface area contributed by atoms with Crippen LogP contribution in [0.1, 0.15) is 18.5 Å². The Morgan fingerprint density at radius 1 is 1.04 bits per heavy atom. The van der Waals surface area contributed by atoms with E-state index < -0.39 is 0 Å². The molecule has 0 saturated carbocycles. The van der Waals surface area contributed by atoms with Crippen molar-refractivity contribution in [2.45, 2.75) is 13.0 Å². The van der Waals surface area contributed by atoms with Gasteiger partial charge in [-0.2, -0.15) is 0 Å². The molecular weight excluding hydrogens is 318 g/mol. The lowest BCUT2D eigenvalue weighted by Crippen LogP contribution is -2.36. The fraction of sp³-hybridized carbons (Fsp3) is 0.316. The number of hydrogen-bond donors (Lipinski definition) is 2. The fourth-order valence-electron chi connectivity index (χ4n) is 2.76. The zero-order valence-corrected chi connectivity index (χ0v) is 14.7. The molecule has 1 fully saturated rings. The maximum atomic E-state index is 5.40. The molecule has 0 aromatic heterocycles. The number of anilines is 2. The van der Waals surface area contributed by atoms with E-state index >= 15 is 0 Å². The highest BCUT2D eigenvalue weighted by molar-refractivity contribution is 7.80. The van der Waals surface area contributed by atoms with E-state index in [0.29, 0.717) is 5.11 Å². The smallest absolute Gasteiger partial charge is 0.171 e. The summed E-state index contributed by atoms with van der Waals surface area (Å²) >= 11 is 5.40. The average molecular weight is 341 g/mol. The number of rotatable bonds is 4. The molecule has 1 aliphatic heterocycles. The van der Waals surface area contributed by atoms with Crippen molar-refractivity contribution in [3.05, 3.63) is 60.2 Å². The Bertz CT molecular complexity index is 654. The molecule has 1 unspecified atom stereocenters. The predicted molar refractivity (Wildman–Crippen MR) is 104 cm³/mol. The molecule has 2 aromatic rings. The number of morpholine rings is 1. The zero-order valence-electron chi connectivity index (χ0n) is 13.9. The molecule has 1 saturated heterocycles. The van der Waals surface area contributed by atoms with Crippen molar-refractivity contribution in [3.63, 3.8) is 0 Å². The summed E-state index contributed by atoms with van der Waals surface area (Å²) in [7, 11) is 0. The first-order valence-corrected chi connectivity index (χ1v) is 8.68. The zero-order chi connectivity index (χ0) is 16.8. The number of nitrogens with zero attached hydrogens (tertiary/aromatic N) is 1. The van der Waals surface area contributed by atoms with Gasteiger partial charge in [0, 0.05) is 24.5 Å². The van der Waals surface area contributed by atoms with Crippen LogP contribution in [0.3, 0.4) is 0 Å². The monoisotopic (exact) mass is 341 g/mol. The van der Waals surface area contributed by atoms with Crippen molar-refractivity contribution >= 4 is 28.7 Å². The molecule has 1 heterocycles. The number of hydrogen-bond acceptors (Lipinski definition) is 3. The van der Waals surface area contributed by atoms with E-state index in [9.17, 15) is 0 Å². The van der Waals surface area contributed by atoms with Crippen LogP contribution in [0.5, 0.6) is 0 Å². The lowest BCUT2D eigenvalue weighted by molar-refractivity contribution is 0.122. The largest absolute Gasteiger partial charge is 0.378 e. The molecule has 2 N–H and O–H groups in total. The van der Waals surface area contributed by atoms with Crippen molar-refractivity contribution in [3.8, 4) is 0 Å². The Morgan fingerprint density at radius 2 is 1.71 bits per heavy atom. The molecule has 126 valence electrons.